The van der Waals surface area contributed by atoms with Gasteiger partial charge in [0.1, 0.15) is 5.82 Å². The number of halogens is 1. The molecule has 1 aromatic heterocycles. The van der Waals surface area contributed by atoms with E-state index in [1.807, 2.05) is 20.0 Å². The first kappa shape index (κ1) is 12.6. The van der Waals surface area contributed by atoms with E-state index in [1.165, 1.54) is 12.8 Å². The Morgan fingerprint density at radius 1 is 1.47 bits per heavy atom. The van der Waals surface area contributed by atoms with E-state index in [-0.39, 0.29) is 0 Å². The Labute approximate surface area is 107 Å². The lowest BCUT2D eigenvalue weighted by molar-refractivity contribution is 0.0215. The lowest BCUT2D eigenvalue weighted by atomic mass is 10.1. The largest absolute Gasteiger partial charge is 0.376 e. The predicted molar refractivity (Wildman–Crippen MR) is 68.6 cm³/mol. The van der Waals surface area contributed by atoms with Crippen LogP contribution in [0.15, 0.2) is 6.07 Å². The molecule has 0 aliphatic carbocycles. The van der Waals surface area contributed by atoms with Crippen molar-refractivity contribution >= 4 is 17.4 Å². The summed E-state index contributed by atoms with van der Waals surface area (Å²) in [4.78, 5) is 10.4. The minimum absolute atomic E-state index is 0.302. The molecule has 1 unspecified atom stereocenters. The molecule has 2 heterocycles. The molecule has 0 bridgehead atoms. The van der Waals surface area contributed by atoms with E-state index in [0.717, 1.165) is 31.1 Å². The van der Waals surface area contributed by atoms with E-state index in [0.29, 0.717) is 11.4 Å². The Hall–Kier alpha value is -0.870. The third kappa shape index (κ3) is 3.54. The molecule has 5 heteroatoms. The average molecular weight is 256 g/mol. The molecule has 2 rings (SSSR count). The van der Waals surface area contributed by atoms with Crippen LogP contribution in [0.2, 0.25) is 5.28 Å². The molecule has 0 saturated carbocycles. The summed E-state index contributed by atoms with van der Waals surface area (Å²) >= 11 is 5.86. The molecule has 4 nitrogen and oxygen atoms in total. The molecule has 0 aromatic carbocycles. The fourth-order valence-corrected chi connectivity index (χ4v) is 2.28. The Morgan fingerprint density at radius 3 is 2.94 bits per heavy atom. The summed E-state index contributed by atoms with van der Waals surface area (Å²) < 4.78 is 5.71. The number of nitrogens with zero attached hydrogens (tertiary/aromatic N) is 3. The summed E-state index contributed by atoms with van der Waals surface area (Å²) in [6.07, 6.45) is 3.87. The van der Waals surface area contributed by atoms with E-state index < -0.39 is 0 Å². The molecule has 94 valence electrons. The van der Waals surface area contributed by atoms with Gasteiger partial charge in [0.2, 0.25) is 5.28 Å². The van der Waals surface area contributed by atoms with Crippen molar-refractivity contribution in [2.24, 2.45) is 0 Å². The van der Waals surface area contributed by atoms with Crippen LogP contribution >= 0.6 is 11.6 Å². The molecule has 0 radical (unpaired) electrons. The smallest absolute Gasteiger partial charge is 0.224 e. The number of likely N-dealkylation sites (N-methyl/N-ethyl adjacent to an activating group) is 1. The second kappa shape index (κ2) is 5.65. The van der Waals surface area contributed by atoms with Crippen LogP contribution in [0, 0.1) is 6.92 Å². The summed E-state index contributed by atoms with van der Waals surface area (Å²) in [6.45, 7) is 3.65. The highest BCUT2D eigenvalue weighted by Gasteiger charge is 2.17. The zero-order valence-electron chi connectivity index (χ0n) is 10.3. The zero-order chi connectivity index (χ0) is 12.3. The zero-order valence-corrected chi connectivity index (χ0v) is 11.1. The highest BCUT2D eigenvalue weighted by atomic mass is 35.5. The summed E-state index contributed by atoms with van der Waals surface area (Å²) in [5, 5.41) is 0.302. The van der Waals surface area contributed by atoms with Gasteiger partial charge in [0, 0.05) is 32.0 Å². The predicted octanol–water partition coefficient (Wildman–Crippen LogP) is 2.44. The van der Waals surface area contributed by atoms with Gasteiger partial charge in [0.15, 0.2) is 0 Å². The first-order valence-corrected chi connectivity index (χ1v) is 6.37. The molecule has 1 atom stereocenters. The van der Waals surface area contributed by atoms with Crippen LogP contribution in [-0.4, -0.2) is 36.3 Å². The molecule has 1 aliphatic rings. The molecule has 0 spiro atoms. The SMILES string of the molecule is Cc1cc(N(C)CC2CCCCO2)nc(Cl)n1. The fourth-order valence-electron chi connectivity index (χ4n) is 2.06. The van der Waals surface area contributed by atoms with Gasteiger partial charge in [-0.3, -0.25) is 0 Å². The molecule has 1 saturated heterocycles. The number of aromatic nitrogens is 2. The molecule has 17 heavy (non-hydrogen) atoms. The van der Waals surface area contributed by atoms with E-state index in [2.05, 4.69) is 14.9 Å². The van der Waals surface area contributed by atoms with Crippen molar-refractivity contribution < 1.29 is 4.74 Å². The molecular weight excluding hydrogens is 238 g/mol. The van der Waals surface area contributed by atoms with Crippen molar-refractivity contribution in [1.82, 2.24) is 9.97 Å². The Kier molecular flexibility index (Phi) is 4.18. The van der Waals surface area contributed by atoms with Crippen LogP contribution in [0.1, 0.15) is 25.0 Å². The van der Waals surface area contributed by atoms with Gasteiger partial charge in [0.25, 0.3) is 0 Å². The quantitative estimate of drug-likeness (QED) is 0.778. The van der Waals surface area contributed by atoms with Crippen molar-refractivity contribution in [2.75, 3.05) is 25.1 Å². The van der Waals surface area contributed by atoms with Gasteiger partial charge in [-0.05, 0) is 37.8 Å². The second-order valence-electron chi connectivity index (χ2n) is 4.51. The van der Waals surface area contributed by atoms with Crippen molar-refractivity contribution in [3.8, 4) is 0 Å². The van der Waals surface area contributed by atoms with E-state index in [4.69, 9.17) is 16.3 Å². The third-order valence-corrected chi connectivity index (χ3v) is 3.13. The van der Waals surface area contributed by atoms with Crippen LogP contribution in [0.3, 0.4) is 0 Å². The van der Waals surface area contributed by atoms with E-state index >= 15 is 0 Å². The van der Waals surface area contributed by atoms with Gasteiger partial charge in [-0.1, -0.05) is 0 Å². The van der Waals surface area contributed by atoms with Gasteiger partial charge in [-0.15, -0.1) is 0 Å². The maximum absolute atomic E-state index is 5.86. The summed E-state index contributed by atoms with van der Waals surface area (Å²) in [5.41, 5.74) is 0.886. The summed E-state index contributed by atoms with van der Waals surface area (Å²) in [7, 11) is 2.01. The Balaban J connectivity index is 2.00. The topological polar surface area (TPSA) is 38.2 Å². The van der Waals surface area contributed by atoms with E-state index in [1.54, 1.807) is 0 Å². The lowest BCUT2D eigenvalue weighted by Gasteiger charge is -2.28. The minimum Gasteiger partial charge on any atom is -0.376 e. The number of hydrogen-bond donors (Lipinski definition) is 0. The van der Waals surface area contributed by atoms with Crippen molar-refractivity contribution in [3.63, 3.8) is 0 Å². The van der Waals surface area contributed by atoms with Gasteiger partial charge in [-0.2, -0.15) is 0 Å². The van der Waals surface area contributed by atoms with Crippen LogP contribution in [0.5, 0.6) is 0 Å². The molecule has 0 amide bonds. The number of rotatable bonds is 3. The van der Waals surface area contributed by atoms with Crippen molar-refractivity contribution in [1.29, 1.82) is 0 Å². The maximum Gasteiger partial charge on any atom is 0.224 e. The monoisotopic (exact) mass is 255 g/mol. The normalized spacial score (nSPS) is 20.3. The third-order valence-electron chi connectivity index (χ3n) is 2.96. The van der Waals surface area contributed by atoms with Crippen LogP contribution in [-0.2, 0) is 4.74 Å². The lowest BCUT2D eigenvalue weighted by Crippen LogP contribution is -2.33. The number of anilines is 1. The Bertz CT molecular complexity index is 360. The van der Waals surface area contributed by atoms with Crippen molar-refractivity contribution in [3.05, 3.63) is 17.0 Å². The number of hydrogen-bond acceptors (Lipinski definition) is 4. The molecule has 1 fully saturated rings. The number of aryl methyl sites for hydroxylation is 1. The highest BCUT2D eigenvalue weighted by Crippen LogP contribution is 2.18. The van der Waals surface area contributed by atoms with Gasteiger partial charge >= 0.3 is 0 Å². The first-order chi connectivity index (χ1) is 8.15. The van der Waals surface area contributed by atoms with Crippen LogP contribution in [0.25, 0.3) is 0 Å². The standard InChI is InChI=1S/C12H18ClN3O/c1-9-7-11(15-12(13)14-9)16(2)8-10-5-3-4-6-17-10/h7,10H,3-6,8H2,1-2H3. The van der Waals surface area contributed by atoms with Crippen LogP contribution < -0.4 is 4.90 Å². The van der Waals surface area contributed by atoms with Crippen molar-refractivity contribution in [2.45, 2.75) is 32.3 Å². The van der Waals surface area contributed by atoms with Crippen LogP contribution in [0.4, 0.5) is 5.82 Å². The molecular formula is C12H18ClN3O. The molecule has 0 N–H and O–H groups in total. The maximum atomic E-state index is 5.86. The highest BCUT2D eigenvalue weighted by molar-refractivity contribution is 6.28. The Morgan fingerprint density at radius 2 is 2.29 bits per heavy atom. The van der Waals surface area contributed by atoms with Gasteiger partial charge < -0.3 is 9.64 Å². The average Bonchev–Trinajstić information content (AvgIpc) is 2.29. The van der Waals surface area contributed by atoms with E-state index in [9.17, 15) is 0 Å². The minimum atomic E-state index is 0.302. The first-order valence-electron chi connectivity index (χ1n) is 5.99. The summed E-state index contributed by atoms with van der Waals surface area (Å²) in [6, 6.07) is 1.94. The molecule has 1 aliphatic heterocycles. The van der Waals surface area contributed by atoms with Gasteiger partial charge in [0.05, 0.1) is 6.10 Å². The molecule has 1 aromatic rings. The number of ether oxygens (including phenoxy) is 1. The summed E-state index contributed by atoms with van der Waals surface area (Å²) in [5.74, 6) is 0.858. The second-order valence-corrected chi connectivity index (χ2v) is 4.84. The van der Waals surface area contributed by atoms with Gasteiger partial charge in [-0.25, -0.2) is 9.97 Å². The fraction of sp³-hybridized carbons (Fsp3) is 0.667.